The lowest BCUT2D eigenvalue weighted by Gasteiger charge is -2.44. The van der Waals surface area contributed by atoms with Crippen LogP contribution in [0.2, 0.25) is 22.2 Å². The summed E-state index contributed by atoms with van der Waals surface area (Å²) < 4.78 is 17.4. The van der Waals surface area contributed by atoms with Crippen molar-refractivity contribution in [1.29, 1.82) is 0 Å². The molecule has 0 spiro atoms. The van der Waals surface area contributed by atoms with E-state index in [9.17, 15) is 4.79 Å². The second-order valence-electron chi connectivity index (χ2n) is 7.52. The highest BCUT2D eigenvalue weighted by Gasteiger charge is 2.53. The molecule has 1 unspecified atom stereocenters. The van der Waals surface area contributed by atoms with Gasteiger partial charge in [-0.3, -0.25) is 4.79 Å². The first kappa shape index (κ1) is 22.8. The molecule has 0 heterocycles. The largest absolute Gasteiger partial charge is 0.518 e. The first-order valence-corrected chi connectivity index (χ1v) is 12.4. The number of hydrogen-bond acceptors (Lipinski definition) is 4. The molecule has 0 N–H and O–H groups in total. The lowest BCUT2D eigenvalue weighted by Crippen LogP contribution is -2.52. The van der Waals surface area contributed by atoms with Gasteiger partial charge in [0, 0.05) is 14.2 Å². The summed E-state index contributed by atoms with van der Waals surface area (Å²) in [4.78, 5) is 13.1. The number of carbonyl (C=O) groups is 1. The highest BCUT2D eigenvalue weighted by atomic mass is 28.4. The average Bonchev–Trinajstić information content (AvgIpc) is 2.47. The molecule has 1 atom stereocenters. The van der Waals surface area contributed by atoms with E-state index in [1.54, 1.807) is 14.2 Å². The normalized spacial score (nSPS) is 15.6. The molecule has 0 aromatic rings. The maximum atomic E-state index is 13.1. The molecule has 0 aliphatic heterocycles. The first-order valence-electron chi connectivity index (χ1n) is 8.77. The molecule has 0 saturated heterocycles. The average molecular weight is 362 g/mol. The van der Waals surface area contributed by atoms with Gasteiger partial charge in [0.15, 0.2) is 0 Å². The topological polar surface area (TPSA) is 44.8 Å². The Bertz CT molecular complexity index is 358. The Morgan fingerprint density at radius 3 is 1.65 bits per heavy atom. The van der Waals surface area contributed by atoms with Crippen molar-refractivity contribution in [2.45, 2.75) is 89.9 Å². The van der Waals surface area contributed by atoms with E-state index in [0.29, 0.717) is 6.42 Å². The van der Waals surface area contributed by atoms with Crippen LogP contribution in [0.25, 0.3) is 0 Å². The molecule has 6 heteroatoms. The summed E-state index contributed by atoms with van der Waals surface area (Å²) in [5, 5.41) is -0.657. The van der Waals surface area contributed by atoms with Crippen LogP contribution in [0.5, 0.6) is 0 Å². The standard InChI is InChI=1S/C17H37O4Si2/c1-10-13-23(14-11-2,16(4,5)6)21-15(18)17(7,12-3)22(19-8)20-9/h10-14H2,1-9H3. The maximum Gasteiger partial charge on any atom is 0.402 e. The van der Waals surface area contributed by atoms with Crippen LogP contribution in [0.1, 0.15) is 67.7 Å². The van der Waals surface area contributed by atoms with Gasteiger partial charge in [0.25, 0.3) is 14.3 Å². The summed E-state index contributed by atoms with van der Waals surface area (Å²) in [6.45, 7) is 14.9. The molecule has 0 amide bonds. The van der Waals surface area contributed by atoms with Gasteiger partial charge in [-0.2, -0.15) is 0 Å². The minimum atomic E-state index is -2.20. The number of rotatable bonds is 10. The molecule has 4 nitrogen and oxygen atoms in total. The summed E-state index contributed by atoms with van der Waals surface area (Å²) >= 11 is 0. The Morgan fingerprint density at radius 2 is 1.39 bits per heavy atom. The van der Waals surface area contributed by atoms with Gasteiger partial charge in [0.2, 0.25) is 0 Å². The molecule has 0 aliphatic carbocycles. The molecule has 0 aromatic heterocycles. The van der Waals surface area contributed by atoms with Gasteiger partial charge in [-0.15, -0.1) is 0 Å². The van der Waals surface area contributed by atoms with E-state index in [1.165, 1.54) is 0 Å². The van der Waals surface area contributed by atoms with Gasteiger partial charge < -0.3 is 13.3 Å². The molecule has 0 bridgehead atoms. The zero-order valence-electron chi connectivity index (χ0n) is 16.7. The van der Waals surface area contributed by atoms with Crippen molar-refractivity contribution in [2.75, 3.05) is 14.2 Å². The van der Waals surface area contributed by atoms with Crippen LogP contribution in [0.15, 0.2) is 0 Å². The smallest absolute Gasteiger partial charge is 0.402 e. The molecule has 0 saturated carbocycles. The van der Waals surface area contributed by atoms with Crippen molar-refractivity contribution in [3.63, 3.8) is 0 Å². The molecule has 0 fully saturated rings. The third-order valence-corrected chi connectivity index (χ3v) is 13.1. The number of carbonyl (C=O) groups excluding carboxylic acids is 1. The van der Waals surface area contributed by atoms with Crippen LogP contribution in [0.4, 0.5) is 0 Å². The summed E-state index contributed by atoms with van der Waals surface area (Å²) in [6.07, 6.45) is 2.76. The zero-order valence-corrected chi connectivity index (χ0v) is 18.7. The fourth-order valence-corrected chi connectivity index (χ4v) is 9.27. The third kappa shape index (κ3) is 5.15. The van der Waals surface area contributed by atoms with Gasteiger partial charge in [0.1, 0.15) is 5.04 Å². The summed E-state index contributed by atoms with van der Waals surface area (Å²) in [7, 11) is -0.677. The van der Waals surface area contributed by atoms with Gasteiger partial charge in [0.05, 0.1) is 0 Å². The van der Waals surface area contributed by atoms with Crippen molar-refractivity contribution in [1.82, 2.24) is 0 Å². The van der Waals surface area contributed by atoms with E-state index in [1.807, 2.05) is 13.8 Å². The van der Waals surface area contributed by atoms with E-state index >= 15 is 0 Å². The molecular formula is C17H37O4Si2. The van der Waals surface area contributed by atoms with E-state index in [4.69, 9.17) is 13.3 Å². The Kier molecular flexibility index (Phi) is 9.27. The highest BCUT2D eigenvalue weighted by Crippen LogP contribution is 2.46. The van der Waals surface area contributed by atoms with E-state index in [2.05, 4.69) is 34.6 Å². The highest BCUT2D eigenvalue weighted by molar-refractivity contribution is 6.78. The van der Waals surface area contributed by atoms with Crippen LogP contribution in [0.3, 0.4) is 0 Å². The number of hydrogen-bond donors (Lipinski definition) is 0. The minimum absolute atomic E-state index is 0.0242. The lowest BCUT2D eigenvalue weighted by atomic mass is 10.1. The lowest BCUT2D eigenvalue weighted by molar-refractivity contribution is -0.139. The van der Waals surface area contributed by atoms with Crippen molar-refractivity contribution in [2.24, 2.45) is 0 Å². The van der Waals surface area contributed by atoms with Crippen LogP contribution >= 0.6 is 0 Å². The van der Waals surface area contributed by atoms with Crippen molar-refractivity contribution >= 4 is 23.6 Å². The molecular weight excluding hydrogens is 324 g/mol. The molecule has 0 rings (SSSR count). The van der Waals surface area contributed by atoms with Crippen LogP contribution in [-0.2, 0) is 18.1 Å². The summed E-state index contributed by atoms with van der Waals surface area (Å²) in [5.74, 6) is -0.124. The Balaban J connectivity index is 5.68. The molecule has 1 radical (unpaired) electrons. The summed E-state index contributed by atoms with van der Waals surface area (Å²) in [5.41, 5.74) is 0. The van der Waals surface area contributed by atoms with Gasteiger partial charge in [-0.05, 0) is 30.5 Å². The monoisotopic (exact) mass is 361 g/mol. The second-order valence-corrected chi connectivity index (χ2v) is 14.7. The zero-order chi connectivity index (χ0) is 18.3. The fourth-order valence-electron chi connectivity index (χ4n) is 3.13. The third-order valence-electron chi connectivity index (χ3n) is 4.94. The van der Waals surface area contributed by atoms with Gasteiger partial charge >= 0.3 is 9.28 Å². The predicted molar refractivity (Wildman–Crippen MR) is 100 cm³/mol. The van der Waals surface area contributed by atoms with Crippen LogP contribution in [-0.4, -0.2) is 37.8 Å². The SMILES string of the molecule is CCC[Si](CCC)(OC(=O)C(C)(CC)[Si](OC)OC)C(C)(C)C. The Morgan fingerprint density at radius 1 is 0.957 bits per heavy atom. The first-order chi connectivity index (χ1) is 10.6. The van der Waals surface area contributed by atoms with E-state index < -0.39 is 22.6 Å². The van der Waals surface area contributed by atoms with Crippen molar-refractivity contribution in [3.05, 3.63) is 0 Å². The van der Waals surface area contributed by atoms with Crippen molar-refractivity contribution in [3.8, 4) is 0 Å². The summed E-state index contributed by atoms with van der Waals surface area (Å²) in [6, 6.07) is 2.02. The van der Waals surface area contributed by atoms with Crippen molar-refractivity contribution < 1.29 is 18.1 Å². The van der Waals surface area contributed by atoms with Gasteiger partial charge in [-0.1, -0.05) is 54.4 Å². The Hall–Kier alpha value is -0.176. The molecule has 137 valence electrons. The van der Waals surface area contributed by atoms with Gasteiger partial charge in [-0.25, -0.2) is 0 Å². The predicted octanol–water partition coefficient (Wildman–Crippen LogP) is 5.05. The quantitative estimate of drug-likeness (QED) is 0.511. The second kappa shape index (κ2) is 9.34. The molecule has 23 heavy (non-hydrogen) atoms. The minimum Gasteiger partial charge on any atom is -0.518 e. The van der Waals surface area contributed by atoms with E-state index in [0.717, 1.165) is 24.9 Å². The molecule has 0 aliphatic rings. The van der Waals surface area contributed by atoms with Crippen LogP contribution in [0, 0.1) is 0 Å². The van der Waals surface area contributed by atoms with E-state index in [-0.39, 0.29) is 11.0 Å². The molecule has 0 aromatic carbocycles. The van der Waals surface area contributed by atoms with Crippen LogP contribution < -0.4 is 0 Å². The fraction of sp³-hybridized carbons (Fsp3) is 0.941. The maximum absolute atomic E-state index is 13.1. The Labute approximate surface area is 146 Å².